The predicted molar refractivity (Wildman–Crippen MR) is 92.0 cm³/mol. The number of rotatable bonds is 7. The number of benzene rings is 2. The molecule has 0 aromatic heterocycles. The van der Waals surface area contributed by atoms with Crippen molar-refractivity contribution in [1.82, 2.24) is 0 Å². The van der Waals surface area contributed by atoms with Crippen molar-refractivity contribution in [2.45, 2.75) is 20.0 Å². The second kappa shape index (κ2) is 8.03. The molecule has 0 spiro atoms. The molecule has 1 N–H and O–H groups in total. The third kappa shape index (κ3) is 5.18. The summed E-state index contributed by atoms with van der Waals surface area (Å²) in [5.41, 5.74) is 1.81. The molecule has 0 saturated carbocycles. The minimum Gasteiger partial charge on any atom is -0.489 e. The molecule has 1 atom stereocenters. The Kier molecular flexibility index (Phi) is 5.80. The minimum atomic E-state index is -0.601. The maximum Gasteiger partial charge on any atom is 0.265 e. The Balaban J connectivity index is 1.95. The van der Waals surface area contributed by atoms with E-state index in [4.69, 9.17) is 9.47 Å². The normalized spacial score (nSPS) is 11.4. The minimum absolute atomic E-state index is 0.216. The van der Waals surface area contributed by atoms with Gasteiger partial charge in [-0.05, 0) is 38.1 Å². The molecule has 2 rings (SSSR count). The summed E-state index contributed by atoms with van der Waals surface area (Å²) in [4.78, 5) is 12.2. The summed E-state index contributed by atoms with van der Waals surface area (Å²) in [5.74, 6) is 1.13. The van der Waals surface area contributed by atoms with E-state index in [-0.39, 0.29) is 5.91 Å². The first-order valence-electron chi connectivity index (χ1n) is 7.46. The fourth-order valence-corrected chi connectivity index (χ4v) is 1.94. The Bertz CT molecular complexity index is 665. The van der Waals surface area contributed by atoms with Crippen molar-refractivity contribution < 1.29 is 14.3 Å². The molecule has 0 aliphatic rings. The number of amides is 1. The molecule has 4 heteroatoms. The van der Waals surface area contributed by atoms with Crippen LogP contribution in [0.5, 0.6) is 11.5 Å². The average molecular weight is 311 g/mol. The number of carbonyl (C=O) groups excluding carboxylic acids is 1. The Hall–Kier alpha value is -2.75. The fourth-order valence-electron chi connectivity index (χ4n) is 1.94. The lowest BCUT2D eigenvalue weighted by molar-refractivity contribution is -0.122. The van der Waals surface area contributed by atoms with Gasteiger partial charge >= 0.3 is 0 Å². The lowest BCUT2D eigenvalue weighted by Crippen LogP contribution is -2.30. The van der Waals surface area contributed by atoms with Crippen molar-refractivity contribution in [2.24, 2.45) is 0 Å². The quantitative estimate of drug-likeness (QED) is 0.787. The molecular weight excluding hydrogens is 290 g/mol. The van der Waals surface area contributed by atoms with E-state index in [1.54, 1.807) is 25.1 Å². The van der Waals surface area contributed by atoms with Crippen molar-refractivity contribution in [2.75, 3.05) is 11.9 Å². The van der Waals surface area contributed by atoms with E-state index in [2.05, 4.69) is 11.9 Å². The number of aryl methyl sites for hydroxylation is 1. The lowest BCUT2D eigenvalue weighted by atomic mass is 10.2. The summed E-state index contributed by atoms with van der Waals surface area (Å²) in [6.45, 7) is 7.74. The van der Waals surface area contributed by atoms with Crippen molar-refractivity contribution in [1.29, 1.82) is 0 Å². The highest BCUT2D eigenvalue weighted by molar-refractivity contribution is 5.94. The van der Waals surface area contributed by atoms with Crippen LogP contribution < -0.4 is 14.8 Å². The number of hydrogen-bond donors (Lipinski definition) is 1. The van der Waals surface area contributed by atoms with Gasteiger partial charge in [0.2, 0.25) is 0 Å². The second-order valence-electron chi connectivity index (χ2n) is 5.19. The molecule has 2 aromatic carbocycles. The topological polar surface area (TPSA) is 47.6 Å². The number of ether oxygens (including phenoxy) is 2. The van der Waals surface area contributed by atoms with Gasteiger partial charge in [0.05, 0.1) is 0 Å². The van der Waals surface area contributed by atoms with Crippen LogP contribution in [0.25, 0.3) is 0 Å². The number of hydrogen-bond acceptors (Lipinski definition) is 3. The number of carbonyl (C=O) groups is 1. The molecule has 120 valence electrons. The largest absolute Gasteiger partial charge is 0.489 e. The Labute approximate surface area is 136 Å². The SMILES string of the molecule is C=CCOc1cccc(NC(=O)[C@@H](C)Oc2ccc(C)cc2)c1. The van der Waals surface area contributed by atoms with E-state index in [0.29, 0.717) is 23.8 Å². The zero-order valence-corrected chi connectivity index (χ0v) is 13.4. The Morgan fingerprint density at radius 2 is 1.96 bits per heavy atom. The van der Waals surface area contributed by atoms with Crippen LogP contribution in [0.15, 0.2) is 61.2 Å². The predicted octanol–water partition coefficient (Wildman–Crippen LogP) is 3.97. The van der Waals surface area contributed by atoms with Crippen LogP contribution in [0, 0.1) is 6.92 Å². The van der Waals surface area contributed by atoms with Crippen molar-refractivity contribution in [3.8, 4) is 11.5 Å². The number of anilines is 1. The highest BCUT2D eigenvalue weighted by Crippen LogP contribution is 2.18. The van der Waals surface area contributed by atoms with Crippen LogP contribution in [-0.4, -0.2) is 18.6 Å². The van der Waals surface area contributed by atoms with Crippen LogP contribution in [0.3, 0.4) is 0 Å². The number of nitrogens with one attached hydrogen (secondary N) is 1. The first-order valence-corrected chi connectivity index (χ1v) is 7.46. The van der Waals surface area contributed by atoms with Gasteiger partial charge in [0, 0.05) is 11.8 Å². The van der Waals surface area contributed by atoms with Crippen LogP contribution in [0.2, 0.25) is 0 Å². The van der Waals surface area contributed by atoms with Gasteiger partial charge in [-0.15, -0.1) is 0 Å². The third-order valence-corrected chi connectivity index (χ3v) is 3.17. The summed E-state index contributed by atoms with van der Waals surface area (Å²) in [7, 11) is 0. The molecule has 0 aliphatic carbocycles. The molecule has 0 radical (unpaired) electrons. The van der Waals surface area contributed by atoms with Gasteiger partial charge in [-0.2, -0.15) is 0 Å². The van der Waals surface area contributed by atoms with Gasteiger partial charge in [-0.25, -0.2) is 0 Å². The van der Waals surface area contributed by atoms with Gasteiger partial charge in [0.15, 0.2) is 6.10 Å². The zero-order chi connectivity index (χ0) is 16.7. The van der Waals surface area contributed by atoms with Crippen molar-refractivity contribution in [3.05, 3.63) is 66.7 Å². The molecule has 0 unspecified atom stereocenters. The maximum absolute atomic E-state index is 12.2. The molecule has 0 heterocycles. The monoisotopic (exact) mass is 311 g/mol. The van der Waals surface area contributed by atoms with Gasteiger partial charge in [0.1, 0.15) is 18.1 Å². The molecule has 4 nitrogen and oxygen atoms in total. The molecule has 23 heavy (non-hydrogen) atoms. The summed E-state index contributed by atoms with van der Waals surface area (Å²) in [6, 6.07) is 14.8. The smallest absolute Gasteiger partial charge is 0.265 e. The van der Waals surface area contributed by atoms with Crippen LogP contribution in [0.4, 0.5) is 5.69 Å². The van der Waals surface area contributed by atoms with Crippen LogP contribution in [-0.2, 0) is 4.79 Å². The van der Waals surface area contributed by atoms with Gasteiger partial charge in [0.25, 0.3) is 5.91 Å². The molecular formula is C19H21NO3. The van der Waals surface area contributed by atoms with E-state index in [1.807, 2.05) is 43.3 Å². The lowest BCUT2D eigenvalue weighted by Gasteiger charge is -2.15. The van der Waals surface area contributed by atoms with E-state index < -0.39 is 6.10 Å². The second-order valence-corrected chi connectivity index (χ2v) is 5.19. The molecule has 0 fully saturated rings. The molecule has 0 aliphatic heterocycles. The van der Waals surface area contributed by atoms with E-state index >= 15 is 0 Å². The fraction of sp³-hybridized carbons (Fsp3) is 0.211. The Morgan fingerprint density at radius 3 is 2.65 bits per heavy atom. The summed E-state index contributed by atoms with van der Waals surface area (Å²) in [6.07, 6.45) is 1.07. The maximum atomic E-state index is 12.2. The standard InChI is InChI=1S/C19H21NO3/c1-4-12-22-18-7-5-6-16(13-18)20-19(21)15(3)23-17-10-8-14(2)9-11-17/h4-11,13,15H,1,12H2,2-3H3,(H,20,21)/t15-/m1/s1. The highest BCUT2D eigenvalue weighted by Gasteiger charge is 2.15. The van der Waals surface area contributed by atoms with Crippen LogP contribution in [0.1, 0.15) is 12.5 Å². The van der Waals surface area contributed by atoms with Gasteiger partial charge in [-0.1, -0.05) is 36.4 Å². The van der Waals surface area contributed by atoms with Gasteiger partial charge < -0.3 is 14.8 Å². The summed E-state index contributed by atoms with van der Waals surface area (Å²) >= 11 is 0. The molecule has 1 amide bonds. The zero-order valence-electron chi connectivity index (χ0n) is 13.4. The first-order chi connectivity index (χ1) is 11.1. The molecule has 0 bridgehead atoms. The Morgan fingerprint density at radius 1 is 1.22 bits per heavy atom. The first kappa shape index (κ1) is 16.6. The van der Waals surface area contributed by atoms with Gasteiger partial charge in [-0.3, -0.25) is 4.79 Å². The van der Waals surface area contributed by atoms with Crippen LogP contribution >= 0.6 is 0 Å². The summed E-state index contributed by atoms with van der Waals surface area (Å²) in [5, 5.41) is 2.82. The van der Waals surface area contributed by atoms with Crippen molar-refractivity contribution in [3.63, 3.8) is 0 Å². The van der Waals surface area contributed by atoms with E-state index in [1.165, 1.54) is 0 Å². The van der Waals surface area contributed by atoms with E-state index in [0.717, 1.165) is 5.56 Å². The van der Waals surface area contributed by atoms with Crippen molar-refractivity contribution >= 4 is 11.6 Å². The summed E-state index contributed by atoms with van der Waals surface area (Å²) < 4.78 is 11.1. The molecule has 0 saturated heterocycles. The third-order valence-electron chi connectivity index (χ3n) is 3.17. The highest BCUT2D eigenvalue weighted by atomic mass is 16.5. The van der Waals surface area contributed by atoms with E-state index in [9.17, 15) is 4.79 Å². The average Bonchev–Trinajstić information content (AvgIpc) is 2.55. The molecule has 2 aromatic rings.